The minimum absolute atomic E-state index is 0.0425. The highest BCUT2D eigenvalue weighted by Gasteiger charge is 2.26. The number of aryl methyl sites for hydroxylation is 1. The van der Waals surface area contributed by atoms with E-state index in [0.717, 1.165) is 11.1 Å². The first-order valence-electron chi connectivity index (χ1n) is 5.80. The molecule has 1 unspecified atom stereocenters. The Morgan fingerprint density at radius 1 is 1.33 bits per heavy atom. The van der Waals surface area contributed by atoms with Crippen LogP contribution in [0, 0.1) is 6.92 Å². The summed E-state index contributed by atoms with van der Waals surface area (Å²) in [5.41, 5.74) is 7.66. The van der Waals surface area contributed by atoms with Crippen LogP contribution < -0.4 is 10.5 Å². The lowest BCUT2D eigenvalue weighted by atomic mass is 10.00. The number of rotatable bonds is 5. The Bertz CT molecular complexity index is 390. The van der Waals surface area contributed by atoms with Crippen molar-refractivity contribution in [2.24, 2.45) is 5.73 Å². The van der Waals surface area contributed by atoms with Gasteiger partial charge in [0.25, 0.3) is 0 Å². The molecule has 0 saturated carbocycles. The quantitative estimate of drug-likeness (QED) is 0.876. The molecule has 0 aliphatic rings. The largest absolute Gasteiger partial charge is 0.496 e. The van der Waals surface area contributed by atoms with Gasteiger partial charge in [0.05, 0.1) is 7.11 Å². The van der Waals surface area contributed by atoms with Crippen LogP contribution in [0.5, 0.6) is 5.75 Å². The van der Waals surface area contributed by atoms with Gasteiger partial charge >= 0.3 is 6.18 Å². The van der Waals surface area contributed by atoms with Crippen LogP contribution in [0.3, 0.4) is 0 Å². The Balaban J connectivity index is 2.59. The van der Waals surface area contributed by atoms with Gasteiger partial charge in [0.15, 0.2) is 0 Å². The Labute approximate surface area is 105 Å². The van der Waals surface area contributed by atoms with Crippen molar-refractivity contribution in [3.8, 4) is 5.75 Å². The summed E-state index contributed by atoms with van der Waals surface area (Å²) in [4.78, 5) is 0. The van der Waals surface area contributed by atoms with Gasteiger partial charge in [-0.1, -0.05) is 12.1 Å². The molecule has 1 atom stereocenters. The van der Waals surface area contributed by atoms with Gasteiger partial charge in [-0.05, 0) is 37.0 Å². The molecule has 0 radical (unpaired) electrons. The predicted octanol–water partition coefficient (Wildman–Crippen LogP) is 3.74. The topological polar surface area (TPSA) is 35.2 Å². The molecular weight excluding hydrogens is 243 g/mol. The Hall–Kier alpha value is -1.23. The summed E-state index contributed by atoms with van der Waals surface area (Å²) >= 11 is 0. The third-order valence-electron chi connectivity index (χ3n) is 2.84. The lowest BCUT2D eigenvalue weighted by Gasteiger charge is -2.15. The molecule has 1 aromatic rings. The molecule has 0 amide bonds. The molecule has 2 nitrogen and oxygen atoms in total. The number of methoxy groups -OCH3 is 1. The number of alkyl halides is 3. The van der Waals surface area contributed by atoms with Crippen molar-refractivity contribution in [2.45, 2.75) is 38.4 Å². The van der Waals surface area contributed by atoms with Crippen molar-refractivity contribution in [3.05, 3.63) is 29.3 Å². The fourth-order valence-electron chi connectivity index (χ4n) is 1.76. The summed E-state index contributed by atoms with van der Waals surface area (Å²) in [6.07, 6.45) is -4.54. The van der Waals surface area contributed by atoms with Crippen molar-refractivity contribution in [3.63, 3.8) is 0 Å². The first-order valence-corrected chi connectivity index (χ1v) is 5.80. The van der Waals surface area contributed by atoms with Gasteiger partial charge in [-0.15, -0.1) is 0 Å². The fraction of sp³-hybridized carbons (Fsp3) is 0.538. The predicted molar refractivity (Wildman–Crippen MR) is 64.6 cm³/mol. The van der Waals surface area contributed by atoms with Crippen molar-refractivity contribution in [1.82, 2.24) is 0 Å². The van der Waals surface area contributed by atoms with Crippen LogP contribution in [0.15, 0.2) is 18.2 Å². The highest BCUT2D eigenvalue weighted by molar-refractivity contribution is 5.37. The average Bonchev–Trinajstić information content (AvgIpc) is 2.27. The molecule has 0 saturated heterocycles. The number of nitrogens with two attached hydrogens (primary N) is 1. The second-order valence-corrected chi connectivity index (χ2v) is 4.34. The van der Waals surface area contributed by atoms with E-state index in [4.69, 9.17) is 10.5 Å². The van der Waals surface area contributed by atoms with E-state index in [2.05, 4.69) is 0 Å². The SMILES string of the molecule is COc1cc(C(N)CCCC(F)(F)F)ccc1C. The summed E-state index contributed by atoms with van der Waals surface area (Å²) in [5.74, 6) is 0.707. The molecule has 102 valence electrons. The zero-order chi connectivity index (χ0) is 13.8. The maximum Gasteiger partial charge on any atom is 0.389 e. The Morgan fingerprint density at radius 3 is 2.56 bits per heavy atom. The summed E-state index contributed by atoms with van der Waals surface area (Å²) in [6.45, 7) is 1.90. The number of ether oxygens (including phenoxy) is 1. The first kappa shape index (κ1) is 14.8. The molecule has 5 heteroatoms. The molecule has 0 heterocycles. The number of hydrogen-bond donors (Lipinski definition) is 1. The van der Waals surface area contributed by atoms with Crippen molar-refractivity contribution in [1.29, 1.82) is 0 Å². The molecule has 0 fully saturated rings. The van der Waals surface area contributed by atoms with Gasteiger partial charge in [-0.2, -0.15) is 13.2 Å². The van der Waals surface area contributed by atoms with E-state index in [1.54, 1.807) is 13.2 Å². The van der Waals surface area contributed by atoms with Gasteiger partial charge in [-0.25, -0.2) is 0 Å². The molecule has 2 N–H and O–H groups in total. The van der Waals surface area contributed by atoms with Crippen LogP contribution in [0.1, 0.15) is 36.4 Å². The zero-order valence-electron chi connectivity index (χ0n) is 10.6. The maximum atomic E-state index is 12.0. The summed E-state index contributed by atoms with van der Waals surface area (Å²) < 4.78 is 41.2. The average molecular weight is 261 g/mol. The summed E-state index contributed by atoms with van der Waals surface area (Å²) in [6, 6.07) is 5.09. The molecule has 18 heavy (non-hydrogen) atoms. The summed E-state index contributed by atoms with van der Waals surface area (Å²) in [5, 5.41) is 0. The van der Waals surface area contributed by atoms with Crippen LogP contribution >= 0.6 is 0 Å². The van der Waals surface area contributed by atoms with Gasteiger partial charge in [-0.3, -0.25) is 0 Å². The van der Waals surface area contributed by atoms with Crippen molar-refractivity contribution < 1.29 is 17.9 Å². The van der Waals surface area contributed by atoms with Gasteiger partial charge in [0, 0.05) is 12.5 Å². The van der Waals surface area contributed by atoms with E-state index >= 15 is 0 Å². The van der Waals surface area contributed by atoms with Crippen LogP contribution in [-0.4, -0.2) is 13.3 Å². The highest BCUT2D eigenvalue weighted by atomic mass is 19.4. The number of benzene rings is 1. The van der Waals surface area contributed by atoms with E-state index < -0.39 is 12.6 Å². The second kappa shape index (κ2) is 6.09. The Morgan fingerprint density at radius 2 is 2.00 bits per heavy atom. The lowest BCUT2D eigenvalue weighted by Crippen LogP contribution is -2.13. The van der Waals surface area contributed by atoms with E-state index in [-0.39, 0.29) is 12.5 Å². The minimum Gasteiger partial charge on any atom is -0.496 e. The molecule has 0 aromatic heterocycles. The molecule has 0 aliphatic carbocycles. The zero-order valence-corrected chi connectivity index (χ0v) is 10.6. The fourth-order valence-corrected chi connectivity index (χ4v) is 1.76. The van der Waals surface area contributed by atoms with Crippen LogP contribution in [0.25, 0.3) is 0 Å². The van der Waals surface area contributed by atoms with E-state index in [1.165, 1.54) is 0 Å². The molecule has 1 aromatic carbocycles. The van der Waals surface area contributed by atoms with Gasteiger partial charge in [0.2, 0.25) is 0 Å². The maximum absolute atomic E-state index is 12.0. The van der Waals surface area contributed by atoms with Gasteiger partial charge < -0.3 is 10.5 Å². The van der Waals surface area contributed by atoms with E-state index in [9.17, 15) is 13.2 Å². The second-order valence-electron chi connectivity index (χ2n) is 4.34. The van der Waals surface area contributed by atoms with E-state index in [1.807, 2.05) is 19.1 Å². The standard InChI is InChI=1S/C13H18F3NO/c1-9-5-6-10(8-12(9)18-2)11(17)4-3-7-13(14,15)16/h5-6,8,11H,3-4,7,17H2,1-2H3. The van der Waals surface area contributed by atoms with Crippen LogP contribution in [0.4, 0.5) is 13.2 Å². The molecule has 0 spiro atoms. The lowest BCUT2D eigenvalue weighted by molar-refractivity contribution is -0.135. The smallest absolute Gasteiger partial charge is 0.389 e. The van der Waals surface area contributed by atoms with Crippen molar-refractivity contribution in [2.75, 3.05) is 7.11 Å². The highest BCUT2D eigenvalue weighted by Crippen LogP contribution is 2.27. The molecule has 0 aliphatic heterocycles. The number of halogens is 3. The van der Waals surface area contributed by atoms with Crippen LogP contribution in [-0.2, 0) is 0 Å². The van der Waals surface area contributed by atoms with Gasteiger partial charge in [0.1, 0.15) is 5.75 Å². The Kier molecular flexibility index (Phi) is 5.02. The van der Waals surface area contributed by atoms with E-state index in [0.29, 0.717) is 12.2 Å². The molecule has 0 bridgehead atoms. The molecule has 1 rings (SSSR count). The van der Waals surface area contributed by atoms with Crippen molar-refractivity contribution >= 4 is 0 Å². The third kappa shape index (κ3) is 4.56. The third-order valence-corrected chi connectivity index (χ3v) is 2.84. The summed E-state index contributed by atoms with van der Waals surface area (Å²) in [7, 11) is 1.56. The number of hydrogen-bond acceptors (Lipinski definition) is 2. The van der Waals surface area contributed by atoms with Crippen LogP contribution in [0.2, 0.25) is 0 Å². The minimum atomic E-state index is -4.11. The normalized spacial score (nSPS) is 13.4. The monoisotopic (exact) mass is 261 g/mol. The first-order chi connectivity index (χ1) is 8.33. The molecular formula is C13H18F3NO.